The van der Waals surface area contributed by atoms with Gasteiger partial charge in [0.1, 0.15) is 5.82 Å². The van der Waals surface area contributed by atoms with Crippen molar-refractivity contribution < 1.29 is 18.7 Å². The third-order valence-electron chi connectivity index (χ3n) is 6.48. The number of hydrazone groups is 1. The number of amides is 1. The maximum absolute atomic E-state index is 13.5. The first-order valence-electron chi connectivity index (χ1n) is 8.99. The molecule has 0 spiro atoms. The molecular formula is C20H25FN2O3. The Bertz CT molecular complexity index is 759. The second kappa shape index (κ2) is 6.82. The fourth-order valence-corrected chi connectivity index (χ4v) is 4.25. The van der Waals surface area contributed by atoms with E-state index in [0.29, 0.717) is 5.92 Å². The van der Waals surface area contributed by atoms with Gasteiger partial charge in [0.2, 0.25) is 0 Å². The largest absolute Gasteiger partial charge is 0.455 e. The number of nitrogens with zero attached hydrogens (tertiary/aromatic N) is 1. The van der Waals surface area contributed by atoms with Gasteiger partial charge in [-0.25, -0.2) is 9.82 Å². The normalized spacial score (nSPS) is 27.5. The number of ether oxygens (including phenoxy) is 1. The molecule has 140 valence electrons. The van der Waals surface area contributed by atoms with Gasteiger partial charge in [-0.2, -0.15) is 5.10 Å². The van der Waals surface area contributed by atoms with Crippen LogP contribution in [0.4, 0.5) is 4.39 Å². The first-order chi connectivity index (χ1) is 12.2. The molecule has 2 bridgehead atoms. The maximum Gasteiger partial charge on any atom is 0.310 e. The summed E-state index contributed by atoms with van der Waals surface area (Å²) in [6.07, 6.45) is 2.97. The van der Waals surface area contributed by atoms with Gasteiger partial charge in [-0.05, 0) is 42.2 Å². The van der Waals surface area contributed by atoms with E-state index >= 15 is 0 Å². The van der Waals surface area contributed by atoms with Gasteiger partial charge in [-0.3, -0.25) is 9.59 Å². The summed E-state index contributed by atoms with van der Waals surface area (Å²) in [5.41, 5.74) is 3.95. The van der Waals surface area contributed by atoms with Crippen LogP contribution in [0.1, 0.15) is 45.6 Å². The molecule has 0 radical (unpaired) electrons. The fourth-order valence-electron chi connectivity index (χ4n) is 4.25. The van der Waals surface area contributed by atoms with Crippen molar-refractivity contribution in [2.75, 3.05) is 6.61 Å². The molecule has 0 saturated heterocycles. The Kier molecular flexibility index (Phi) is 4.86. The van der Waals surface area contributed by atoms with E-state index in [-0.39, 0.29) is 22.8 Å². The SMILES string of the molecule is CC12CCC(C/C1=N/NC(=O)COC(=O)Cc1ccccc1F)C2(C)C. The van der Waals surface area contributed by atoms with Gasteiger partial charge in [0.05, 0.1) is 6.42 Å². The standard InChI is InChI=1S/C20H25FN2O3/c1-19(2)14-8-9-20(19,3)16(11-14)22-23-17(24)12-26-18(25)10-13-6-4-5-7-15(13)21/h4-7,14H,8-12H2,1-3H3,(H,23,24)/b22-16-. The molecule has 5 nitrogen and oxygen atoms in total. The Morgan fingerprint density at radius 1 is 1.31 bits per heavy atom. The van der Waals surface area contributed by atoms with Crippen molar-refractivity contribution in [1.82, 2.24) is 5.43 Å². The summed E-state index contributed by atoms with van der Waals surface area (Å²) < 4.78 is 18.4. The number of benzene rings is 1. The Morgan fingerprint density at radius 2 is 2.04 bits per heavy atom. The van der Waals surface area contributed by atoms with E-state index in [1.54, 1.807) is 12.1 Å². The molecule has 0 aliphatic heterocycles. The van der Waals surface area contributed by atoms with Gasteiger partial charge in [0.25, 0.3) is 5.91 Å². The summed E-state index contributed by atoms with van der Waals surface area (Å²) in [7, 11) is 0. The summed E-state index contributed by atoms with van der Waals surface area (Å²) >= 11 is 0. The van der Waals surface area contributed by atoms with E-state index in [1.807, 2.05) is 0 Å². The van der Waals surface area contributed by atoms with Gasteiger partial charge in [-0.1, -0.05) is 39.0 Å². The van der Waals surface area contributed by atoms with Crippen molar-refractivity contribution in [2.24, 2.45) is 21.8 Å². The Morgan fingerprint density at radius 3 is 2.65 bits per heavy atom. The molecule has 1 amide bonds. The lowest BCUT2D eigenvalue weighted by molar-refractivity contribution is -0.147. The fraction of sp³-hybridized carbons (Fsp3) is 0.550. The number of carbonyl (C=O) groups is 2. The van der Waals surface area contributed by atoms with Gasteiger partial charge in [0.15, 0.2) is 6.61 Å². The Hall–Kier alpha value is -2.24. The van der Waals surface area contributed by atoms with Crippen molar-refractivity contribution in [3.05, 3.63) is 35.6 Å². The van der Waals surface area contributed by atoms with Gasteiger partial charge >= 0.3 is 5.97 Å². The molecule has 3 rings (SSSR count). The zero-order chi connectivity index (χ0) is 18.9. The lowest BCUT2D eigenvalue weighted by Crippen LogP contribution is -2.35. The first kappa shape index (κ1) is 18.5. The van der Waals surface area contributed by atoms with Gasteiger partial charge < -0.3 is 4.74 Å². The van der Waals surface area contributed by atoms with Crippen molar-refractivity contribution >= 4 is 17.6 Å². The smallest absolute Gasteiger partial charge is 0.310 e. The second-order valence-corrected chi connectivity index (χ2v) is 8.02. The van der Waals surface area contributed by atoms with Crippen LogP contribution < -0.4 is 5.43 Å². The van der Waals surface area contributed by atoms with Crippen LogP contribution in [0.25, 0.3) is 0 Å². The number of esters is 1. The van der Waals surface area contributed by atoms with Crippen molar-refractivity contribution in [2.45, 2.75) is 46.5 Å². The number of carbonyl (C=O) groups excluding carboxylic acids is 2. The van der Waals surface area contributed by atoms with Crippen LogP contribution in [0.5, 0.6) is 0 Å². The number of halogens is 1. The van der Waals surface area contributed by atoms with Crippen LogP contribution in [0.2, 0.25) is 0 Å². The van der Waals surface area contributed by atoms with Crippen molar-refractivity contribution in [3.8, 4) is 0 Å². The number of hydrogen-bond acceptors (Lipinski definition) is 4. The van der Waals surface area contributed by atoms with Crippen LogP contribution in [0.3, 0.4) is 0 Å². The number of nitrogens with one attached hydrogen (secondary N) is 1. The monoisotopic (exact) mass is 360 g/mol. The topological polar surface area (TPSA) is 67.8 Å². The summed E-state index contributed by atoms with van der Waals surface area (Å²) in [5, 5.41) is 4.32. The average molecular weight is 360 g/mol. The van der Waals surface area contributed by atoms with E-state index in [9.17, 15) is 14.0 Å². The predicted octanol–water partition coefficient (Wildman–Crippen LogP) is 3.23. The molecule has 0 heterocycles. The minimum atomic E-state index is -0.647. The summed E-state index contributed by atoms with van der Waals surface area (Å²) in [4.78, 5) is 23.7. The highest BCUT2D eigenvalue weighted by Gasteiger charge is 2.60. The molecule has 1 aromatic rings. The predicted molar refractivity (Wildman–Crippen MR) is 95.9 cm³/mol. The Balaban J connectivity index is 1.49. The summed E-state index contributed by atoms with van der Waals surface area (Å²) in [6.45, 7) is 6.31. The van der Waals surface area contributed by atoms with Crippen LogP contribution in [0.15, 0.2) is 29.4 Å². The van der Waals surface area contributed by atoms with Crippen LogP contribution in [-0.4, -0.2) is 24.2 Å². The maximum atomic E-state index is 13.5. The van der Waals surface area contributed by atoms with Crippen molar-refractivity contribution in [1.29, 1.82) is 0 Å². The minimum absolute atomic E-state index is 0.00641. The van der Waals surface area contributed by atoms with Crippen LogP contribution in [-0.2, 0) is 20.7 Å². The van der Waals surface area contributed by atoms with Gasteiger partial charge in [0, 0.05) is 11.1 Å². The van der Waals surface area contributed by atoms with Crippen molar-refractivity contribution in [3.63, 3.8) is 0 Å². The molecule has 2 saturated carbocycles. The average Bonchev–Trinajstić information content (AvgIpc) is 2.93. The van der Waals surface area contributed by atoms with E-state index in [2.05, 4.69) is 31.3 Å². The zero-order valence-corrected chi connectivity index (χ0v) is 15.5. The third kappa shape index (κ3) is 3.24. The lowest BCUT2D eigenvalue weighted by Gasteiger charge is -2.34. The molecule has 2 aliphatic carbocycles. The zero-order valence-electron chi connectivity index (χ0n) is 15.5. The molecule has 2 fully saturated rings. The highest BCUT2D eigenvalue weighted by atomic mass is 19.1. The molecular weight excluding hydrogens is 335 g/mol. The Labute approximate surface area is 153 Å². The molecule has 6 heteroatoms. The first-order valence-corrected chi connectivity index (χ1v) is 8.99. The molecule has 2 aliphatic rings. The second-order valence-electron chi connectivity index (χ2n) is 8.02. The van der Waals surface area contributed by atoms with E-state index < -0.39 is 24.3 Å². The van der Waals surface area contributed by atoms with E-state index in [4.69, 9.17) is 4.74 Å². The number of hydrogen-bond donors (Lipinski definition) is 1. The third-order valence-corrected chi connectivity index (χ3v) is 6.48. The molecule has 2 unspecified atom stereocenters. The minimum Gasteiger partial charge on any atom is -0.455 e. The van der Waals surface area contributed by atoms with Crippen LogP contribution >= 0.6 is 0 Å². The van der Waals surface area contributed by atoms with E-state index in [1.165, 1.54) is 18.6 Å². The molecule has 0 aromatic heterocycles. The molecule has 1 aromatic carbocycles. The van der Waals surface area contributed by atoms with E-state index in [0.717, 1.165) is 18.6 Å². The highest BCUT2D eigenvalue weighted by molar-refractivity contribution is 5.95. The van der Waals surface area contributed by atoms with Crippen LogP contribution in [0, 0.1) is 22.6 Å². The highest BCUT2D eigenvalue weighted by Crippen LogP contribution is 2.63. The molecule has 2 atom stereocenters. The molecule has 26 heavy (non-hydrogen) atoms. The van der Waals surface area contributed by atoms with Gasteiger partial charge in [-0.15, -0.1) is 0 Å². The summed E-state index contributed by atoms with van der Waals surface area (Å²) in [6, 6.07) is 5.99. The summed E-state index contributed by atoms with van der Waals surface area (Å²) in [5.74, 6) is -0.997. The quantitative estimate of drug-likeness (QED) is 0.647. The number of fused-ring (bicyclic) bond motifs is 2. The molecule has 1 N–H and O–H groups in total. The number of rotatable bonds is 5. The lowest BCUT2D eigenvalue weighted by atomic mass is 9.70.